The number of anilines is 1. The predicted molar refractivity (Wildman–Crippen MR) is 123 cm³/mol. The Morgan fingerprint density at radius 2 is 1.81 bits per heavy atom. The Labute approximate surface area is 188 Å². The number of primary amides is 1. The van der Waals surface area contributed by atoms with E-state index in [1.54, 1.807) is 6.92 Å². The fraction of sp³-hybridized carbons (Fsp3) is 0.714. The largest absolute Gasteiger partial charge is 0.395 e. The minimum Gasteiger partial charge on any atom is -0.395 e. The fourth-order valence-corrected chi connectivity index (χ4v) is 4.71. The van der Waals surface area contributed by atoms with E-state index in [-0.39, 0.29) is 28.2 Å². The first-order chi connectivity index (χ1) is 14.8. The Hall–Kier alpha value is -2.20. The minimum atomic E-state index is -0.774. The Balaban J connectivity index is 2.17. The van der Waals surface area contributed by atoms with Crippen LogP contribution in [0.1, 0.15) is 79.5 Å². The molecule has 0 aromatic carbocycles. The van der Waals surface area contributed by atoms with Crippen LogP contribution in [0.4, 0.5) is 5.69 Å². The Morgan fingerprint density at radius 3 is 2.35 bits per heavy atom. The molecule has 1 aliphatic carbocycles. The third-order valence-corrected chi connectivity index (χ3v) is 6.83. The van der Waals surface area contributed by atoms with Crippen molar-refractivity contribution in [2.24, 2.45) is 5.73 Å². The Morgan fingerprint density at radius 1 is 1.16 bits per heavy atom. The molecule has 10 heteroatoms. The van der Waals surface area contributed by atoms with Crippen LogP contribution in [0.15, 0.2) is 0 Å². The molecule has 174 valence electrons. The van der Waals surface area contributed by atoms with Crippen LogP contribution in [0.3, 0.4) is 0 Å². The number of nitrogens with two attached hydrogens (primary N) is 2. The third-order valence-electron chi connectivity index (χ3n) is 5.98. The molecule has 1 heterocycles. The second kappa shape index (κ2) is 12.0. The standard InChI is InChI=1S/C21H36N6O3S/c1-4-26(5-2)12-9-13-27(14(3)20(29)24-15-10-7-6-8-11-15)21(30)18-16(22)17(19(23)28)25-31-18/h14-15H,4-13,22H2,1-3H3,(H2,23,28)(H,24,29). The molecule has 1 aromatic heterocycles. The molecule has 2 rings (SSSR count). The average molecular weight is 453 g/mol. The fourth-order valence-electron chi connectivity index (χ4n) is 3.95. The number of hydrogen-bond donors (Lipinski definition) is 3. The molecule has 0 spiro atoms. The summed E-state index contributed by atoms with van der Waals surface area (Å²) in [5, 5.41) is 3.10. The van der Waals surface area contributed by atoms with Gasteiger partial charge in [-0.1, -0.05) is 33.1 Å². The lowest BCUT2D eigenvalue weighted by Crippen LogP contribution is -2.51. The van der Waals surface area contributed by atoms with E-state index in [1.165, 1.54) is 11.3 Å². The normalized spacial score (nSPS) is 15.6. The lowest BCUT2D eigenvalue weighted by molar-refractivity contribution is -0.126. The van der Waals surface area contributed by atoms with Crippen molar-refractivity contribution in [3.05, 3.63) is 10.6 Å². The number of amides is 3. The lowest BCUT2D eigenvalue weighted by Gasteiger charge is -2.31. The van der Waals surface area contributed by atoms with E-state index in [2.05, 4.69) is 28.4 Å². The van der Waals surface area contributed by atoms with Gasteiger partial charge < -0.3 is 26.6 Å². The van der Waals surface area contributed by atoms with Gasteiger partial charge in [0, 0.05) is 12.6 Å². The molecule has 5 N–H and O–H groups in total. The molecule has 1 unspecified atom stereocenters. The minimum absolute atomic E-state index is 0.0175. The van der Waals surface area contributed by atoms with Gasteiger partial charge in [-0.2, -0.15) is 4.37 Å². The van der Waals surface area contributed by atoms with Gasteiger partial charge in [-0.3, -0.25) is 14.4 Å². The van der Waals surface area contributed by atoms with E-state index in [9.17, 15) is 14.4 Å². The van der Waals surface area contributed by atoms with E-state index in [4.69, 9.17) is 11.5 Å². The summed E-state index contributed by atoms with van der Waals surface area (Å²) < 4.78 is 3.94. The summed E-state index contributed by atoms with van der Waals surface area (Å²) in [7, 11) is 0. The van der Waals surface area contributed by atoms with Gasteiger partial charge in [0.25, 0.3) is 11.8 Å². The van der Waals surface area contributed by atoms with Crippen LogP contribution in [-0.2, 0) is 4.79 Å². The van der Waals surface area contributed by atoms with E-state index in [0.717, 1.165) is 63.3 Å². The summed E-state index contributed by atoms with van der Waals surface area (Å²) in [6, 6.07) is -0.504. The second-order valence-electron chi connectivity index (χ2n) is 8.04. The van der Waals surface area contributed by atoms with Crippen LogP contribution in [0.5, 0.6) is 0 Å². The highest BCUT2D eigenvalue weighted by Gasteiger charge is 2.31. The summed E-state index contributed by atoms with van der Waals surface area (Å²) >= 11 is 0.845. The van der Waals surface area contributed by atoms with Gasteiger partial charge in [-0.15, -0.1) is 0 Å². The number of aromatic nitrogens is 1. The average Bonchev–Trinajstić information content (AvgIpc) is 3.15. The summed E-state index contributed by atoms with van der Waals surface area (Å²) in [6.07, 6.45) is 6.08. The highest BCUT2D eigenvalue weighted by atomic mass is 32.1. The smallest absolute Gasteiger partial charge is 0.270 e. The van der Waals surface area contributed by atoms with Gasteiger partial charge in [-0.25, -0.2) is 0 Å². The monoisotopic (exact) mass is 452 g/mol. The zero-order chi connectivity index (χ0) is 23.0. The SMILES string of the molecule is CCN(CC)CCCN(C(=O)c1snc(C(N)=O)c1N)C(C)C(=O)NC1CCCCC1. The van der Waals surface area contributed by atoms with Crippen LogP contribution in [0, 0.1) is 0 Å². The Bertz CT molecular complexity index is 758. The number of nitrogens with one attached hydrogen (secondary N) is 1. The number of hydrogen-bond acceptors (Lipinski definition) is 7. The zero-order valence-electron chi connectivity index (χ0n) is 18.9. The molecule has 0 radical (unpaired) electrons. The summed E-state index contributed by atoms with van der Waals surface area (Å²) in [5.41, 5.74) is 11.2. The van der Waals surface area contributed by atoms with Gasteiger partial charge in [-0.05, 0) is 57.4 Å². The lowest BCUT2D eigenvalue weighted by atomic mass is 9.95. The third kappa shape index (κ3) is 6.64. The van der Waals surface area contributed by atoms with Gasteiger partial charge >= 0.3 is 0 Å². The van der Waals surface area contributed by atoms with Crippen molar-refractivity contribution in [2.45, 2.75) is 71.4 Å². The predicted octanol–water partition coefficient (Wildman–Crippen LogP) is 1.84. The summed E-state index contributed by atoms with van der Waals surface area (Å²) in [5.74, 6) is -1.33. The molecular formula is C21H36N6O3S. The molecule has 1 atom stereocenters. The van der Waals surface area contributed by atoms with E-state index >= 15 is 0 Å². The molecule has 0 bridgehead atoms. The van der Waals surface area contributed by atoms with Crippen molar-refractivity contribution in [3.63, 3.8) is 0 Å². The van der Waals surface area contributed by atoms with Crippen molar-refractivity contribution in [1.29, 1.82) is 0 Å². The van der Waals surface area contributed by atoms with Crippen LogP contribution in [0.2, 0.25) is 0 Å². The van der Waals surface area contributed by atoms with Crippen molar-refractivity contribution in [2.75, 3.05) is 31.9 Å². The summed E-state index contributed by atoms with van der Waals surface area (Å²) in [6.45, 7) is 8.99. The molecule has 31 heavy (non-hydrogen) atoms. The number of rotatable bonds is 11. The molecule has 1 fully saturated rings. The quantitative estimate of drug-likeness (QED) is 0.469. The second-order valence-corrected chi connectivity index (χ2v) is 8.81. The van der Waals surface area contributed by atoms with E-state index < -0.39 is 17.9 Å². The first-order valence-corrected chi connectivity index (χ1v) is 12.0. The van der Waals surface area contributed by atoms with Crippen LogP contribution in [-0.4, -0.2) is 70.2 Å². The Kier molecular flexibility index (Phi) is 9.70. The number of carbonyl (C=O) groups excluding carboxylic acids is 3. The summed E-state index contributed by atoms with van der Waals surface area (Å²) in [4.78, 5) is 41.7. The van der Waals surface area contributed by atoms with Crippen molar-refractivity contribution < 1.29 is 14.4 Å². The highest BCUT2D eigenvalue weighted by molar-refractivity contribution is 7.09. The van der Waals surface area contributed by atoms with Gasteiger partial charge in [0.05, 0.1) is 5.69 Å². The molecular weight excluding hydrogens is 416 g/mol. The maximum absolute atomic E-state index is 13.3. The molecule has 0 saturated heterocycles. The van der Waals surface area contributed by atoms with Gasteiger partial charge in [0.1, 0.15) is 10.9 Å². The van der Waals surface area contributed by atoms with Crippen LogP contribution in [0.25, 0.3) is 0 Å². The topological polar surface area (TPSA) is 135 Å². The first kappa shape index (κ1) is 25.1. The van der Waals surface area contributed by atoms with Crippen LogP contribution >= 0.6 is 11.5 Å². The van der Waals surface area contributed by atoms with Crippen molar-refractivity contribution in [3.8, 4) is 0 Å². The maximum atomic E-state index is 13.3. The van der Waals surface area contributed by atoms with Gasteiger partial charge in [0.2, 0.25) is 5.91 Å². The molecule has 1 aromatic rings. The first-order valence-electron chi connectivity index (χ1n) is 11.2. The highest BCUT2D eigenvalue weighted by Crippen LogP contribution is 2.24. The molecule has 3 amide bonds. The molecule has 9 nitrogen and oxygen atoms in total. The zero-order valence-corrected chi connectivity index (χ0v) is 19.7. The van der Waals surface area contributed by atoms with E-state index in [1.807, 2.05) is 0 Å². The molecule has 1 saturated carbocycles. The van der Waals surface area contributed by atoms with Crippen molar-refractivity contribution in [1.82, 2.24) is 19.5 Å². The van der Waals surface area contributed by atoms with Crippen molar-refractivity contribution >= 4 is 34.9 Å². The molecule has 1 aliphatic rings. The molecule has 0 aliphatic heterocycles. The number of nitrogens with zero attached hydrogens (tertiary/aromatic N) is 3. The van der Waals surface area contributed by atoms with E-state index in [0.29, 0.717) is 6.54 Å². The maximum Gasteiger partial charge on any atom is 0.270 e. The number of nitrogen functional groups attached to an aromatic ring is 1. The van der Waals surface area contributed by atoms with Gasteiger partial charge in [0.15, 0.2) is 5.69 Å². The number of carbonyl (C=O) groups is 3. The van der Waals surface area contributed by atoms with Crippen LogP contribution < -0.4 is 16.8 Å².